The summed E-state index contributed by atoms with van der Waals surface area (Å²) in [5.74, 6) is 1.29. The molecule has 0 atom stereocenters. The fourth-order valence-electron chi connectivity index (χ4n) is 3.55. The number of hydrogen-bond donors (Lipinski definition) is 0. The first kappa shape index (κ1) is 23.9. The molecule has 0 saturated heterocycles. The average Bonchev–Trinajstić information content (AvgIpc) is 2.86. The van der Waals surface area contributed by atoms with Gasteiger partial charge in [-0.2, -0.15) is 0 Å². The van der Waals surface area contributed by atoms with Crippen LogP contribution in [0, 0.1) is 0 Å². The van der Waals surface area contributed by atoms with E-state index in [1.54, 1.807) is 7.11 Å². The number of carbonyl (C=O) groups is 1. The lowest BCUT2D eigenvalue weighted by molar-refractivity contribution is -0.137. The molecular weight excluding hydrogens is 414 g/mol. The van der Waals surface area contributed by atoms with Gasteiger partial charge in [-0.15, -0.1) is 0 Å². The molecule has 0 aliphatic heterocycles. The molecule has 0 bridgehead atoms. The predicted molar refractivity (Wildman–Crippen MR) is 133 cm³/mol. The standard InChI is InChI=1S/C28H31NO4/c1-4-28(30)33-20-7-6-9-22-10-8-11-25(21-22)29(23-12-16-26(31-3)17-13-23)24-14-18-27(19-15-24)32-5-2/h4,8,10-19,21H,1,5-7,9,20H2,2-3H3. The maximum absolute atomic E-state index is 11.2. The minimum atomic E-state index is -0.373. The van der Waals surface area contributed by atoms with Gasteiger partial charge < -0.3 is 19.1 Å². The largest absolute Gasteiger partial charge is 0.497 e. The van der Waals surface area contributed by atoms with Crippen molar-refractivity contribution in [2.75, 3.05) is 25.2 Å². The molecule has 33 heavy (non-hydrogen) atoms. The lowest BCUT2D eigenvalue weighted by Crippen LogP contribution is -2.10. The maximum atomic E-state index is 11.2. The number of nitrogens with zero attached hydrogens (tertiary/aromatic N) is 1. The van der Waals surface area contributed by atoms with E-state index in [1.165, 1.54) is 11.6 Å². The van der Waals surface area contributed by atoms with Gasteiger partial charge in [-0.25, -0.2) is 4.79 Å². The molecule has 0 spiro atoms. The van der Waals surface area contributed by atoms with Crippen LogP contribution in [-0.2, 0) is 16.0 Å². The number of unbranched alkanes of at least 4 members (excludes halogenated alkanes) is 1. The molecule has 0 aliphatic rings. The molecule has 172 valence electrons. The number of methoxy groups -OCH3 is 1. The van der Waals surface area contributed by atoms with Crippen molar-refractivity contribution < 1.29 is 19.0 Å². The Kier molecular flexibility index (Phi) is 8.95. The van der Waals surface area contributed by atoms with E-state index in [2.05, 4.69) is 60.0 Å². The van der Waals surface area contributed by atoms with Gasteiger partial charge >= 0.3 is 5.97 Å². The fraction of sp³-hybridized carbons (Fsp3) is 0.250. The Hall–Kier alpha value is -3.73. The van der Waals surface area contributed by atoms with Crippen molar-refractivity contribution in [2.45, 2.75) is 26.2 Å². The summed E-state index contributed by atoms with van der Waals surface area (Å²) in [6.45, 7) is 6.44. The second kappa shape index (κ2) is 12.3. The third-order valence-electron chi connectivity index (χ3n) is 5.18. The van der Waals surface area contributed by atoms with Crippen molar-refractivity contribution in [3.05, 3.63) is 91.0 Å². The molecular formula is C28H31NO4. The molecule has 0 fully saturated rings. The molecule has 0 saturated carbocycles. The smallest absolute Gasteiger partial charge is 0.330 e. The van der Waals surface area contributed by atoms with Gasteiger partial charge in [-0.05, 0) is 92.4 Å². The van der Waals surface area contributed by atoms with Crippen LogP contribution in [0.1, 0.15) is 25.3 Å². The van der Waals surface area contributed by atoms with E-state index in [1.807, 2.05) is 31.2 Å². The van der Waals surface area contributed by atoms with Crippen LogP contribution < -0.4 is 14.4 Å². The molecule has 3 rings (SSSR count). The van der Waals surface area contributed by atoms with Crippen LogP contribution in [0.5, 0.6) is 11.5 Å². The first-order chi connectivity index (χ1) is 16.1. The van der Waals surface area contributed by atoms with Crippen LogP contribution in [0.15, 0.2) is 85.5 Å². The van der Waals surface area contributed by atoms with Gasteiger partial charge in [-0.1, -0.05) is 18.7 Å². The SMILES string of the molecule is C=CC(=O)OCCCCc1cccc(N(c2ccc(OC)cc2)c2ccc(OCC)cc2)c1. The number of hydrogen-bond acceptors (Lipinski definition) is 5. The number of aryl methyl sites for hydroxylation is 1. The average molecular weight is 446 g/mol. The number of rotatable bonds is 12. The van der Waals surface area contributed by atoms with E-state index >= 15 is 0 Å². The van der Waals surface area contributed by atoms with Crippen molar-refractivity contribution >= 4 is 23.0 Å². The zero-order valence-electron chi connectivity index (χ0n) is 19.3. The van der Waals surface area contributed by atoms with E-state index in [0.717, 1.165) is 47.8 Å². The van der Waals surface area contributed by atoms with Crippen molar-refractivity contribution in [1.82, 2.24) is 0 Å². The Morgan fingerprint density at radius 3 is 2.18 bits per heavy atom. The summed E-state index contributed by atoms with van der Waals surface area (Å²) < 4.78 is 16.0. The Morgan fingerprint density at radius 2 is 1.58 bits per heavy atom. The minimum absolute atomic E-state index is 0.373. The number of carbonyl (C=O) groups excluding carboxylic acids is 1. The van der Waals surface area contributed by atoms with E-state index < -0.39 is 0 Å². The van der Waals surface area contributed by atoms with Crippen LogP contribution in [0.3, 0.4) is 0 Å². The van der Waals surface area contributed by atoms with Gasteiger partial charge in [0.05, 0.1) is 20.3 Å². The monoisotopic (exact) mass is 445 g/mol. The van der Waals surface area contributed by atoms with E-state index in [9.17, 15) is 4.79 Å². The second-order valence-corrected chi connectivity index (χ2v) is 7.46. The molecule has 5 nitrogen and oxygen atoms in total. The summed E-state index contributed by atoms with van der Waals surface area (Å²) in [7, 11) is 1.67. The molecule has 0 amide bonds. The first-order valence-corrected chi connectivity index (χ1v) is 11.2. The minimum Gasteiger partial charge on any atom is -0.497 e. The third kappa shape index (κ3) is 6.88. The zero-order chi connectivity index (χ0) is 23.5. The summed E-state index contributed by atoms with van der Waals surface area (Å²) in [5, 5.41) is 0. The fourth-order valence-corrected chi connectivity index (χ4v) is 3.55. The van der Waals surface area contributed by atoms with E-state index in [0.29, 0.717) is 13.2 Å². The normalized spacial score (nSPS) is 10.4. The number of anilines is 3. The lowest BCUT2D eigenvalue weighted by atomic mass is 10.1. The van der Waals surface area contributed by atoms with Gasteiger partial charge in [0.25, 0.3) is 0 Å². The highest BCUT2D eigenvalue weighted by atomic mass is 16.5. The topological polar surface area (TPSA) is 48.0 Å². The van der Waals surface area contributed by atoms with Crippen molar-refractivity contribution in [2.24, 2.45) is 0 Å². The van der Waals surface area contributed by atoms with Crippen LogP contribution >= 0.6 is 0 Å². The third-order valence-corrected chi connectivity index (χ3v) is 5.18. The molecule has 0 radical (unpaired) electrons. The van der Waals surface area contributed by atoms with Crippen molar-refractivity contribution in [3.63, 3.8) is 0 Å². The summed E-state index contributed by atoms with van der Waals surface area (Å²) in [6, 6.07) is 24.7. The highest BCUT2D eigenvalue weighted by Gasteiger charge is 2.13. The Morgan fingerprint density at radius 1 is 0.909 bits per heavy atom. The van der Waals surface area contributed by atoms with Gasteiger partial charge in [0, 0.05) is 23.1 Å². The van der Waals surface area contributed by atoms with Gasteiger partial charge in [-0.3, -0.25) is 0 Å². The maximum Gasteiger partial charge on any atom is 0.330 e. The predicted octanol–water partition coefficient (Wildman–Crippen LogP) is 6.62. The summed E-state index contributed by atoms with van der Waals surface area (Å²) >= 11 is 0. The number of ether oxygens (including phenoxy) is 3. The Balaban J connectivity index is 1.81. The second-order valence-electron chi connectivity index (χ2n) is 7.46. The summed E-state index contributed by atoms with van der Waals surface area (Å²) in [6.07, 6.45) is 3.84. The molecule has 3 aromatic rings. The molecule has 0 unspecified atom stereocenters. The van der Waals surface area contributed by atoms with Crippen LogP contribution in [0.4, 0.5) is 17.1 Å². The van der Waals surface area contributed by atoms with Crippen molar-refractivity contribution in [1.29, 1.82) is 0 Å². The van der Waals surface area contributed by atoms with E-state index in [4.69, 9.17) is 14.2 Å². The van der Waals surface area contributed by atoms with Gasteiger partial charge in [0.15, 0.2) is 0 Å². The highest BCUT2D eigenvalue weighted by molar-refractivity contribution is 5.81. The zero-order valence-corrected chi connectivity index (χ0v) is 19.3. The van der Waals surface area contributed by atoms with Crippen LogP contribution in [0.2, 0.25) is 0 Å². The molecule has 0 N–H and O–H groups in total. The quantitative estimate of drug-likeness (QED) is 0.178. The summed E-state index contributed by atoms with van der Waals surface area (Å²) in [4.78, 5) is 13.4. The Bertz CT molecular complexity index is 1030. The number of esters is 1. The van der Waals surface area contributed by atoms with Crippen molar-refractivity contribution in [3.8, 4) is 11.5 Å². The molecule has 5 heteroatoms. The van der Waals surface area contributed by atoms with Crippen LogP contribution in [0.25, 0.3) is 0 Å². The number of benzene rings is 3. The molecule has 0 aliphatic carbocycles. The molecule has 0 aromatic heterocycles. The lowest BCUT2D eigenvalue weighted by Gasteiger charge is -2.26. The van der Waals surface area contributed by atoms with E-state index in [-0.39, 0.29) is 5.97 Å². The van der Waals surface area contributed by atoms with Crippen LogP contribution in [-0.4, -0.2) is 26.3 Å². The molecule has 0 heterocycles. The van der Waals surface area contributed by atoms with Gasteiger partial charge in [0.2, 0.25) is 0 Å². The Labute approximate surface area is 196 Å². The first-order valence-electron chi connectivity index (χ1n) is 11.2. The molecule has 3 aromatic carbocycles. The highest BCUT2D eigenvalue weighted by Crippen LogP contribution is 2.36. The summed E-state index contributed by atoms with van der Waals surface area (Å²) in [5.41, 5.74) is 4.37. The van der Waals surface area contributed by atoms with Gasteiger partial charge in [0.1, 0.15) is 11.5 Å².